The van der Waals surface area contributed by atoms with Crippen LogP contribution >= 0.6 is 27.3 Å². The van der Waals surface area contributed by atoms with Crippen LogP contribution in [0.15, 0.2) is 59.1 Å². The molecule has 0 aliphatic heterocycles. The molecule has 6 heteroatoms. The Morgan fingerprint density at radius 2 is 2.00 bits per heavy atom. The first-order valence-corrected chi connectivity index (χ1v) is 8.80. The Labute approximate surface area is 149 Å². The number of carbonyl (C=O) groups is 1. The van der Waals surface area contributed by atoms with Gasteiger partial charge < -0.3 is 5.11 Å². The predicted octanol–water partition coefficient (Wildman–Crippen LogP) is 5.17. The number of benzene rings is 3. The molecule has 0 saturated heterocycles. The van der Waals surface area contributed by atoms with E-state index in [2.05, 4.69) is 26.2 Å². The van der Waals surface area contributed by atoms with Crippen molar-refractivity contribution in [1.29, 1.82) is 0 Å². The molecule has 0 saturated carbocycles. The van der Waals surface area contributed by atoms with Gasteiger partial charge in [-0.15, -0.1) is 0 Å². The molecule has 0 radical (unpaired) electrons. The number of aromatic hydroxyl groups is 1. The standard InChI is InChI=1S/C18H11BrN2O2S/c19-11-4-6-13-10(8-11)2-1-3-14(13)17(23)21-18-20-15-7-5-12(22)9-16(15)24-18/h1-9,22H,(H,20,21,23). The highest BCUT2D eigenvalue weighted by Crippen LogP contribution is 2.30. The first-order chi connectivity index (χ1) is 11.6. The summed E-state index contributed by atoms with van der Waals surface area (Å²) < 4.78 is 1.80. The van der Waals surface area contributed by atoms with E-state index >= 15 is 0 Å². The minimum Gasteiger partial charge on any atom is -0.508 e. The minimum absolute atomic E-state index is 0.184. The van der Waals surface area contributed by atoms with Gasteiger partial charge in [-0.2, -0.15) is 0 Å². The van der Waals surface area contributed by atoms with Crippen molar-refractivity contribution in [1.82, 2.24) is 4.98 Å². The van der Waals surface area contributed by atoms with Crippen LogP contribution in [0.3, 0.4) is 0 Å². The monoisotopic (exact) mass is 398 g/mol. The van der Waals surface area contributed by atoms with Gasteiger partial charge in [0.25, 0.3) is 5.91 Å². The van der Waals surface area contributed by atoms with E-state index in [1.54, 1.807) is 24.3 Å². The number of thiazole rings is 1. The summed E-state index contributed by atoms with van der Waals surface area (Å²) in [4.78, 5) is 17.0. The van der Waals surface area contributed by atoms with Gasteiger partial charge in [-0.1, -0.05) is 45.5 Å². The number of halogens is 1. The number of carbonyl (C=O) groups excluding carboxylic acids is 1. The maximum absolute atomic E-state index is 12.7. The van der Waals surface area contributed by atoms with E-state index in [1.165, 1.54) is 11.3 Å². The van der Waals surface area contributed by atoms with Crippen molar-refractivity contribution >= 4 is 59.3 Å². The fourth-order valence-electron chi connectivity index (χ4n) is 2.58. The van der Waals surface area contributed by atoms with Gasteiger partial charge in [-0.25, -0.2) is 4.98 Å². The summed E-state index contributed by atoms with van der Waals surface area (Å²) in [7, 11) is 0. The fourth-order valence-corrected chi connectivity index (χ4v) is 3.86. The van der Waals surface area contributed by atoms with Crippen LogP contribution in [0.25, 0.3) is 21.0 Å². The summed E-state index contributed by atoms with van der Waals surface area (Å²) in [6.45, 7) is 0. The molecule has 4 rings (SSSR count). The molecule has 0 atom stereocenters. The SMILES string of the molecule is O=C(Nc1nc2ccc(O)cc2s1)c1cccc2cc(Br)ccc12. The van der Waals surface area contributed by atoms with Crippen LogP contribution in [-0.2, 0) is 0 Å². The first kappa shape index (κ1) is 15.1. The van der Waals surface area contributed by atoms with Crippen molar-refractivity contribution in [2.45, 2.75) is 0 Å². The number of nitrogens with one attached hydrogen (secondary N) is 1. The van der Waals surface area contributed by atoms with Crippen LogP contribution in [0, 0.1) is 0 Å². The zero-order chi connectivity index (χ0) is 16.7. The van der Waals surface area contributed by atoms with E-state index < -0.39 is 0 Å². The van der Waals surface area contributed by atoms with Gasteiger partial charge in [-0.05, 0) is 47.2 Å². The minimum atomic E-state index is -0.203. The van der Waals surface area contributed by atoms with Crippen LogP contribution in [-0.4, -0.2) is 16.0 Å². The maximum Gasteiger partial charge on any atom is 0.258 e. The summed E-state index contributed by atoms with van der Waals surface area (Å²) in [5, 5.41) is 14.8. The Hall–Kier alpha value is -2.44. The van der Waals surface area contributed by atoms with Gasteiger partial charge in [0.05, 0.1) is 10.2 Å². The van der Waals surface area contributed by atoms with E-state index in [0.29, 0.717) is 10.7 Å². The van der Waals surface area contributed by atoms with Gasteiger partial charge in [0.1, 0.15) is 5.75 Å². The molecule has 1 aromatic heterocycles. The van der Waals surface area contributed by atoms with E-state index in [-0.39, 0.29) is 11.7 Å². The summed E-state index contributed by atoms with van der Waals surface area (Å²) in [6.07, 6.45) is 0. The molecule has 1 amide bonds. The number of hydrogen-bond acceptors (Lipinski definition) is 4. The highest BCUT2D eigenvalue weighted by molar-refractivity contribution is 9.10. The van der Waals surface area contributed by atoms with E-state index in [9.17, 15) is 9.90 Å². The second-order valence-electron chi connectivity index (χ2n) is 5.30. The highest BCUT2D eigenvalue weighted by Gasteiger charge is 2.13. The molecule has 0 aliphatic carbocycles. The number of phenols is 1. The average molecular weight is 399 g/mol. The number of rotatable bonds is 2. The van der Waals surface area contributed by atoms with Crippen molar-refractivity contribution in [2.24, 2.45) is 0 Å². The number of fused-ring (bicyclic) bond motifs is 2. The van der Waals surface area contributed by atoms with Crippen LogP contribution in [0.2, 0.25) is 0 Å². The van der Waals surface area contributed by atoms with Gasteiger partial charge in [0, 0.05) is 10.0 Å². The van der Waals surface area contributed by atoms with Gasteiger partial charge in [0.15, 0.2) is 5.13 Å². The predicted molar refractivity (Wildman–Crippen MR) is 101 cm³/mol. The summed E-state index contributed by atoms with van der Waals surface area (Å²) in [5.41, 5.74) is 1.34. The Morgan fingerprint density at radius 3 is 2.88 bits per heavy atom. The molecule has 24 heavy (non-hydrogen) atoms. The quantitative estimate of drug-likeness (QED) is 0.489. The first-order valence-electron chi connectivity index (χ1n) is 7.19. The Bertz CT molecular complexity index is 1090. The van der Waals surface area contributed by atoms with Gasteiger partial charge in [-0.3, -0.25) is 10.1 Å². The Kier molecular flexibility index (Phi) is 3.70. The lowest BCUT2D eigenvalue weighted by Gasteiger charge is -2.06. The largest absolute Gasteiger partial charge is 0.508 e. The van der Waals surface area contributed by atoms with E-state index in [0.717, 1.165) is 25.5 Å². The second-order valence-corrected chi connectivity index (χ2v) is 7.24. The third kappa shape index (κ3) is 2.74. The average Bonchev–Trinajstić information content (AvgIpc) is 2.95. The van der Waals surface area contributed by atoms with E-state index in [1.807, 2.05) is 30.3 Å². The zero-order valence-corrected chi connectivity index (χ0v) is 14.7. The molecule has 3 aromatic carbocycles. The lowest BCUT2D eigenvalue weighted by atomic mass is 10.0. The molecule has 4 nitrogen and oxygen atoms in total. The highest BCUT2D eigenvalue weighted by atomic mass is 79.9. The Morgan fingerprint density at radius 1 is 1.12 bits per heavy atom. The number of hydrogen-bond donors (Lipinski definition) is 2. The summed E-state index contributed by atoms with van der Waals surface area (Å²) in [6, 6.07) is 16.4. The van der Waals surface area contributed by atoms with Crippen molar-refractivity contribution in [2.75, 3.05) is 5.32 Å². The number of anilines is 1. The molecule has 0 fully saturated rings. The molecule has 4 aromatic rings. The van der Waals surface area contributed by atoms with Crippen LogP contribution in [0.4, 0.5) is 5.13 Å². The Balaban J connectivity index is 1.70. The van der Waals surface area contributed by atoms with Crippen molar-refractivity contribution in [3.05, 3.63) is 64.6 Å². The third-order valence-electron chi connectivity index (χ3n) is 3.68. The topological polar surface area (TPSA) is 62.2 Å². The molecule has 118 valence electrons. The summed E-state index contributed by atoms with van der Waals surface area (Å²) >= 11 is 4.78. The number of phenolic OH excluding ortho intramolecular Hbond substituents is 1. The lowest BCUT2D eigenvalue weighted by molar-refractivity contribution is 0.102. The molecular formula is C18H11BrN2O2S. The number of nitrogens with zero attached hydrogens (tertiary/aromatic N) is 1. The van der Waals surface area contributed by atoms with Crippen LogP contribution in [0.5, 0.6) is 5.75 Å². The van der Waals surface area contributed by atoms with Crippen LogP contribution in [0.1, 0.15) is 10.4 Å². The number of amides is 1. The second kappa shape index (κ2) is 5.89. The molecule has 0 aliphatic rings. The van der Waals surface area contributed by atoms with E-state index in [4.69, 9.17) is 0 Å². The molecule has 0 spiro atoms. The smallest absolute Gasteiger partial charge is 0.258 e. The molecule has 2 N–H and O–H groups in total. The summed E-state index contributed by atoms with van der Waals surface area (Å²) in [5.74, 6) is -0.0187. The van der Waals surface area contributed by atoms with Crippen molar-refractivity contribution in [3.63, 3.8) is 0 Å². The van der Waals surface area contributed by atoms with Crippen molar-refractivity contribution < 1.29 is 9.90 Å². The van der Waals surface area contributed by atoms with Crippen molar-refractivity contribution in [3.8, 4) is 5.75 Å². The van der Waals surface area contributed by atoms with Crippen LogP contribution < -0.4 is 5.32 Å². The van der Waals surface area contributed by atoms with Gasteiger partial charge in [0.2, 0.25) is 0 Å². The molecular weight excluding hydrogens is 388 g/mol. The fraction of sp³-hybridized carbons (Fsp3) is 0. The maximum atomic E-state index is 12.7. The molecule has 0 bridgehead atoms. The molecule has 0 unspecified atom stereocenters. The third-order valence-corrected chi connectivity index (χ3v) is 5.11. The zero-order valence-electron chi connectivity index (χ0n) is 12.3. The lowest BCUT2D eigenvalue weighted by Crippen LogP contribution is -2.12. The van der Waals surface area contributed by atoms with Gasteiger partial charge >= 0.3 is 0 Å². The number of aromatic nitrogens is 1. The normalized spacial score (nSPS) is 11.0. The molecule has 1 heterocycles.